The molecule has 0 radical (unpaired) electrons. The van der Waals surface area contributed by atoms with Gasteiger partial charge in [0, 0.05) is 29.2 Å². The zero-order valence-electron chi connectivity index (χ0n) is 10.5. The van der Waals surface area contributed by atoms with Crippen LogP contribution >= 0.6 is 11.6 Å². The summed E-state index contributed by atoms with van der Waals surface area (Å²) in [5.74, 6) is 0.961. The molecule has 0 saturated carbocycles. The van der Waals surface area contributed by atoms with E-state index in [-0.39, 0.29) is 6.23 Å². The van der Waals surface area contributed by atoms with Crippen LogP contribution in [0.1, 0.15) is 22.9 Å². The van der Waals surface area contributed by atoms with Crippen molar-refractivity contribution in [3.8, 4) is 5.75 Å². The van der Waals surface area contributed by atoms with Crippen LogP contribution in [0, 0.1) is 0 Å². The summed E-state index contributed by atoms with van der Waals surface area (Å²) in [6.07, 6.45) is 1.14. The number of halogens is 1. The maximum atomic E-state index is 6.18. The lowest BCUT2D eigenvalue weighted by atomic mass is 9.96. The summed E-state index contributed by atoms with van der Waals surface area (Å²) in [6.45, 7) is 1.95. The van der Waals surface area contributed by atoms with Crippen LogP contribution in [0.2, 0.25) is 5.02 Å². The molecule has 1 unspecified atom stereocenters. The first-order valence-electron chi connectivity index (χ1n) is 6.58. The summed E-state index contributed by atoms with van der Waals surface area (Å²) < 4.78 is 6.18. The Morgan fingerprint density at radius 2 is 2.00 bits per heavy atom. The third kappa shape index (κ3) is 1.83. The predicted molar refractivity (Wildman–Crippen MR) is 75.4 cm³/mol. The number of hydrogen-bond donors (Lipinski definition) is 0. The maximum Gasteiger partial charge on any atom is 0.179 e. The highest BCUT2D eigenvalue weighted by Crippen LogP contribution is 2.39. The fourth-order valence-electron chi connectivity index (χ4n) is 3.01. The van der Waals surface area contributed by atoms with E-state index in [0.717, 1.165) is 30.3 Å². The molecule has 0 aliphatic carbocycles. The molecule has 2 nitrogen and oxygen atoms in total. The van der Waals surface area contributed by atoms with E-state index in [1.807, 2.05) is 18.2 Å². The molecule has 0 N–H and O–H groups in total. The molecular formula is C16H14ClNO. The fraction of sp³-hybridized carbons (Fsp3) is 0.250. The highest BCUT2D eigenvalue weighted by Gasteiger charge is 2.33. The zero-order valence-corrected chi connectivity index (χ0v) is 11.2. The van der Waals surface area contributed by atoms with Crippen molar-refractivity contribution in [1.82, 2.24) is 4.90 Å². The van der Waals surface area contributed by atoms with Gasteiger partial charge in [-0.3, -0.25) is 4.90 Å². The first kappa shape index (κ1) is 11.3. The van der Waals surface area contributed by atoms with Crippen molar-refractivity contribution in [3.05, 3.63) is 64.2 Å². The average molecular weight is 272 g/mol. The molecule has 0 bridgehead atoms. The zero-order chi connectivity index (χ0) is 12.8. The summed E-state index contributed by atoms with van der Waals surface area (Å²) in [6, 6.07) is 14.4. The third-order valence-corrected chi connectivity index (χ3v) is 4.19. The molecule has 4 rings (SSSR count). The molecule has 2 heterocycles. The standard InChI is InChI=1S/C16H14ClNO/c17-13-5-6-15-12(9-13)10-18-8-7-11-3-1-2-4-14(11)16(18)19-15/h1-6,9,16H,7-8,10H2. The van der Waals surface area contributed by atoms with E-state index >= 15 is 0 Å². The third-order valence-electron chi connectivity index (χ3n) is 3.96. The SMILES string of the molecule is Clc1ccc2c(c1)CN1CCc3ccccc3C1O2. The van der Waals surface area contributed by atoms with Crippen LogP contribution in [0.15, 0.2) is 42.5 Å². The van der Waals surface area contributed by atoms with E-state index in [1.54, 1.807) is 0 Å². The average Bonchev–Trinajstić information content (AvgIpc) is 2.45. The van der Waals surface area contributed by atoms with E-state index in [2.05, 4.69) is 29.2 Å². The molecule has 0 saturated heterocycles. The van der Waals surface area contributed by atoms with Gasteiger partial charge in [-0.15, -0.1) is 0 Å². The van der Waals surface area contributed by atoms with Gasteiger partial charge in [-0.2, -0.15) is 0 Å². The van der Waals surface area contributed by atoms with Gasteiger partial charge in [-0.25, -0.2) is 0 Å². The van der Waals surface area contributed by atoms with Crippen LogP contribution in [0.4, 0.5) is 0 Å². The summed E-state index contributed by atoms with van der Waals surface area (Å²) in [5, 5.41) is 0.776. The van der Waals surface area contributed by atoms with Gasteiger partial charge in [0.15, 0.2) is 6.23 Å². The minimum atomic E-state index is 0.0543. The van der Waals surface area contributed by atoms with Gasteiger partial charge in [0.1, 0.15) is 5.75 Å². The second-order valence-electron chi connectivity index (χ2n) is 5.14. The van der Waals surface area contributed by atoms with Crippen molar-refractivity contribution in [2.24, 2.45) is 0 Å². The van der Waals surface area contributed by atoms with E-state index in [9.17, 15) is 0 Å². The Kier molecular flexibility index (Phi) is 2.54. The Morgan fingerprint density at radius 1 is 1.11 bits per heavy atom. The fourth-order valence-corrected chi connectivity index (χ4v) is 3.20. The topological polar surface area (TPSA) is 12.5 Å². The number of fused-ring (bicyclic) bond motifs is 4. The summed E-state index contributed by atoms with van der Waals surface area (Å²) in [7, 11) is 0. The van der Waals surface area contributed by atoms with Crippen LogP contribution in [0.25, 0.3) is 0 Å². The van der Waals surface area contributed by atoms with Crippen molar-refractivity contribution in [2.45, 2.75) is 19.2 Å². The molecular weight excluding hydrogens is 258 g/mol. The maximum absolute atomic E-state index is 6.18. The Hall–Kier alpha value is -1.51. The molecule has 2 aromatic carbocycles. The van der Waals surface area contributed by atoms with E-state index in [4.69, 9.17) is 16.3 Å². The van der Waals surface area contributed by atoms with Gasteiger partial charge in [-0.05, 0) is 30.2 Å². The second kappa shape index (κ2) is 4.26. The number of ether oxygens (including phenoxy) is 1. The highest BCUT2D eigenvalue weighted by molar-refractivity contribution is 6.30. The van der Waals surface area contributed by atoms with Crippen molar-refractivity contribution in [2.75, 3.05) is 6.54 Å². The molecule has 96 valence electrons. The first-order chi connectivity index (χ1) is 9.31. The molecule has 2 aliphatic rings. The van der Waals surface area contributed by atoms with Gasteiger partial charge in [0.05, 0.1) is 0 Å². The van der Waals surface area contributed by atoms with E-state index in [0.29, 0.717) is 0 Å². The minimum absolute atomic E-state index is 0.0543. The van der Waals surface area contributed by atoms with Crippen molar-refractivity contribution < 1.29 is 4.74 Å². The van der Waals surface area contributed by atoms with Gasteiger partial charge < -0.3 is 4.74 Å². The van der Waals surface area contributed by atoms with Gasteiger partial charge >= 0.3 is 0 Å². The molecule has 0 spiro atoms. The molecule has 0 amide bonds. The lowest BCUT2D eigenvalue weighted by Crippen LogP contribution is -2.40. The Bertz CT molecular complexity index is 640. The summed E-state index contributed by atoms with van der Waals surface area (Å²) in [4.78, 5) is 2.38. The molecule has 0 aromatic heterocycles. The molecule has 1 atom stereocenters. The van der Waals surface area contributed by atoms with E-state index < -0.39 is 0 Å². The normalized spacial score (nSPS) is 21.0. The monoisotopic (exact) mass is 271 g/mol. The molecule has 3 heteroatoms. The van der Waals surface area contributed by atoms with Crippen LogP contribution in [0.5, 0.6) is 5.75 Å². The first-order valence-corrected chi connectivity index (χ1v) is 6.96. The molecule has 2 aliphatic heterocycles. The summed E-state index contributed by atoms with van der Waals surface area (Å²) >= 11 is 6.06. The van der Waals surface area contributed by atoms with E-state index in [1.165, 1.54) is 16.7 Å². The molecule has 19 heavy (non-hydrogen) atoms. The number of benzene rings is 2. The van der Waals surface area contributed by atoms with Gasteiger partial charge in [0.25, 0.3) is 0 Å². The van der Waals surface area contributed by atoms with Crippen molar-refractivity contribution in [3.63, 3.8) is 0 Å². The van der Waals surface area contributed by atoms with Crippen LogP contribution in [0.3, 0.4) is 0 Å². The van der Waals surface area contributed by atoms with Crippen LogP contribution in [-0.4, -0.2) is 11.4 Å². The lowest BCUT2D eigenvalue weighted by Gasteiger charge is -2.41. The van der Waals surface area contributed by atoms with Gasteiger partial charge in [-0.1, -0.05) is 35.9 Å². The second-order valence-corrected chi connectivity index (χ2v) is 5.58. The minimum Gasteiger partial charge on any atom is -0.471 e. The van der Waals surface area contributed by atoms with Crippen molar-refractivity contribution >= 4 is 11.6 Å². The smallest absolute Gasteiger partial charge is 0.179 e. The Morgan fingerprint density at radius 3 is 2.95 bits per heavy atom. The molecule has 0 fully saturated rings. The number of hydrogen-bond acceptors (Lipinski definition) is 2. The predicted octanol–water partition coefficient (Wildman–Crippen LogP) is 3.79. The Balaban J connectivity index is 1.77. The Labute approximate surface area is 117 Å². The largest absolute Gasteiger partial charge is 0.471 e. The molecule has 2 aromatic rings. The number of rotatable bonds is 0. The highest BCUT2D eigenvalue weighted by atomic mass is 35.5. The lowest BCUT2D eigenvalue weighted by molar-refractivity contribution is -0.0102. The van der Waals surface area contributed by atoms with Crippen molar-refractivity contribution in [1.29, 1.82) is 0 Å². The summed E-state index contributed by atoms with van der Waals surface area (Å²) in [5.41, 5.74) is 3.89. The number of nitrogens with zero attached hydrogens (tertiary/aromatic N) is 1. The van der Waals surface area contributed by atoms with Crippen LogP contribution < -0.4 is 4.74 Å². The quantitative estimate of drug-likeness (QED) is 0.723. The van der Waals surface area contributed by atoms with Crippen LogP contribution in [-0.2, 0) is 13.0 Å². The van der Waals surface area contributed by atoms with Gasteiger partial charge in [0.2, 0.25) is 0 Å².